The van der Waals surface area contributed by atoms with Crippen LogP contribution in [0, 0.1) is 0 Å². The van der Waals surface area contributed by atoms with E-state index >= 15 is 0 Å². The molecule has 1 unspecified atom stereocenters. The highest BCUT2D eigenvalue weighted by Gasteiger charge is 2.23. The molecule has 6 heteroatoms. The summed E-state index contributed by atoms with van der Waals surface area (Å²) in [4.78, 5) is 16.2. The molecule has 0 bridgehead atoms. The van der Waals surface area contributed by atoms with E-state index < -0.39 is 0 Å². The van der Waals surface area contributed by atoms with Gasteiger partial charge in [0.2, 0.25) is 5.88 Å². The van der Waals surface area contributed by atoms with Gasteiger partial charge in [0.25, 0.3) is 5.91 Å². The van der Waals surface area contributed by atoms with Crippen LogP contribution in [0.1, 0.15) is 12.8 Å². The fourth-order valence-corrected chi connectivity index (χ4v) is 2.34. The standard InChI is InChI=1S/C17H18N2O4/c1-21-13-5-2-3-6-14(13)23-16-9-8-12(11-18-16)19-17(20)15-7-4-10-22-15/h2-3,5-6,8-9,11,15H,4,7,10H2,1H3,(H,19,20). The molecule has 1 aromatic heterocycles. The zero-order valence-corrected chi connectivity index (χ0v) is 12.8. The molecule has 0 aliphatic carbocycles. The number of methoxy groups -OCH3 is 1. The molecule has 0 saturated carbocycles. The lowest BCUT2D eigenvalue weighted by Gasteiger charge is -2.11. The Hall–Kier alpha value is -2.60. The average molecular weight is 314 g/mol. The highest BCUT2D eigenvalue weighted by atomic mass is 16.5. The number of nitrogens with zero attached hydrogens (tertiary/aromatic N) is 1. The smallest absolute Gasteiger partial charge is 0.253 e. The van der Waals surface area contributed by atoms with E-state index in [1.807, 2.05) is 18.2 Å². The number of anilines is 1. The molecule has 1 saturated heterocycles. The van der Waals surface area contributed by atoms with Gasteiger partial charge in [0.1, 0.15) is 6.10 Å². The molecule has 1 aromatic carbocycles. The van der Waals surface area contributed by atoms with Crippen LogP contribution in [0.5, 0.6) is 17.4 Å². The van der Waals surface area contributed by atoms with Gasteiger partial charge in [0.05, 0.1) is 19.0 Å². The molecular weight excluding hydrogens is 296 g/mol. The third kappa shape index (κ3) is 3.78. The van der Waals surface area contributed by atoms with Crippen LogP contribution in [0.4, 0.5) is 5.69 Å². The molecule has 2 aromatic rings. The van der Waals surface area contributed by atoms with Crippen LogP contribution in [0.2, 0.25) is 0 Å². The van der Waals surface area contributed by atoms with Gasteiger partial charge >= 0.3 is 0 Å². The van der Waals surface area contributed by atoms with E-state index in [0.29, 0.717) is 29.7 Å². The number of hydrogen-bond acceptors (Lipinski definition) is 5. The van der Waals surface area contributed by atoms with E-state index in [4.69, 9.17) is 14.2 Å². The second-order valence-corrected chi connectivity index (χ2v) is 5.13. The summed E-state index contributed by atoms with van der Waals surface area (Å²) >= 11 is 0. The van der Waals surface area contributed by atoms with Crippen LogP contribution in [0.3, 0.4) is 0 Å². The van der Waals surface area contributed by atoms with Crippen molar-refractivity contribution >= 4 is 11.6 Å². The van der Waals surface area contributed by atoms with Crippen LogP contribution >= 0.6 is 0 Å². The SMILES string of the molecule is COc1ccccc1Oc1ccc(NC(=O)C2CCCO2)cn1. The topological polar surface area (TPSA) is 69.7 Å². The van der Waals surface area contributed by atoms with Crippen molar-refractivity contribution in [3.8, 4) is 17.4 Å². The van der Waals surface area contributed by atoms with Crippen molar-refractivity contribution < 1.29 is 19.0 Å². The van der Waals surface area contributed by atoms with Crippen molar-refractivity contribution in [3.05, 3.63) is 42.6 Å². The monoisotopic (exact) mass is 314 g/mol. The molecule has 0 spiro atoms. The second-order valence-electron chi connectivity index (χ2n) is 5.13. The minimum atomic E-state index is -0.362. The zero-order valence-electron chi connectivity index (χ0n) is 12.8. The van der Waals surface area contributed by atoms with Gasteiger partial charge in [-0.15, -0.1) is 0 Å². The van der Waals surface area contributed by atoms with Crippen molar-refractivity contribution in [3.63, 3.8) is 0 Å². The lowest BCUT2D eigenvalue weighted by atomic mass is 10.2. The minimum absolute atomic E-state index is 0.136. The van der Waals surface area contributed by atoms with Gasteiger partial charge in [0.15, 0.2) is 11.5 Å². The van der Waals surface area contributed by atoms with Gasteiger partial charge < -0.3 is 19.5 Å². The number of para-hydroxylation sites is 2. The molecule has 1 N–H and O–H groups in total. The van der Waals surface area contributed by atoms with E-state index in [0.717, 1.165) is 12.8 Å². The van der Waals surface area contributed by atoms with Crippen LogP contribution in [-0.2, 0) is 9.53 Å². The maximum absolute atomic E-state index is 12.0. The minimum Gasteiger partial charge on any atom is -0.493 e. The van der Waals surface area contributed by atoms with Crippen LogP contribution < -0.4 is 14.8 Å². The van der Waals surface area contributed by atoms with Crippen molar-refractivity contribution in [2.75, 3.05) is 19.0 Å². The van der Waals surface area contributed by atoms with Crippen molar-refractivity contribution in [1.82, 2.24) is 4.98 Å². The molecule has 3 rings (SSSR count). The van der Waals surface area contributed by atoms with E-state index in [-0.39, 0.29) is 12.0 Å². The largest absolute Gasteiger partial charge is 0.493 e. The fraction of sp³-hybridized carbons (Fsp3) is 0.294. The van der Waals surface area contributed by atoms with E-state index in [1.165, 1.54) is 0 Å². The molecular formula is C17H18N2O4. The Morgan fingerprint density at radius 1 is 1.26 bits per heavy atom. The van der Waals surface area contributed by atoms with Crippen LogP contribution in [0.15, 0.2) is 42.6 Å². The van der Waals surface area contributed by atoms with Crippen LogP contribution in [0.25, 0.3) is 0 Å². The van der Waals surface area contributed by atoms with Gasteiger partial charge in [-0.3, -0.25) is 4.79 Å². The normalized spacial score (nSPS) is 16.8. The quantitative estimate of drug-likeness (QED) is 0.918. The first-order valence-corrected chi connectivity index (χ1v) is 7.45. The number of carbonyl (C=O) groups excluding carboxylic acids is 1. The molecule has 1 fully saturated rings. The third-order valence-electron chi connectivity index (χ3n) is 3.51. The number of benzene rings is 1. The Labute approximate surface area is 134 Å². The predicted molar refractivity (Wildman–Crippen MR) is 84.9 cm³/mol. The summed E-state index contributed by atoms with van der Waals surface area (Å²) in [5.74, 6) is 1.50. The van der Waals surface area contributed by atoms with E-state index in [2.05, 4.69) is 10.3 Å². The molecule has 1 amide bonds. The van der Waals surface area contributed by atoms with Crippen molar-refractivity contribution in [2.45, 2.75) is 18.9 Å². The van der Waals surface area contributed by atoms with Crippen molar-refractivity contribution in [1.29, 1.82) is 0 Å². The van der Waals surface area contributed by atoms with Gasteiger partial charge in [-0.1, -0.05) is 12.1 Å². The van der Waals surface area contributed by atoms with Gasteiger partial charge in [-0.25, -0.2) is 4.98 Å². The number of nitrogens with one attached hydrogen (secondary N) is 1. The van der Waals surface area contributed by atoms with Gasteiger partial charge in [-0.2, -0.15) is 0 Å². The summed E-state index contributed by atoms with van der Waals surface area (Å²) in [6.07, 6.45) is 2.87. The van der Waals surface area contributed by atoms with E-state index in [1.54, 1.807) is 31.5 Å². The maximum atomic E-state index is 12.0. The summed E-state index contributed by atoms with van der Waals surface area (Å²) in [6.45, 7) is 0.641. The van der Waals surface area contributed by atoms with Crippen LogP contribution in [-0.4, -0.2) is 30.7 Å². The Balaban J connectivity index is 1.63. The number of rotatable bonds is 5. The zero-order chi connectivity index (χ0) is 16.1. The number of hydrogen-bond donors (Lipinski definition) is 1. The molecule has 1 aliphatic heterocycles. The summed E-state index contributed by atoms with van der Waals surface area (Å²) < 4.78 is 16.3. The lowest BCUT2D eigenvalue weighted by molar-refractivity contribution is -0.124. The molecule has 0 radical (unpaired) electrons. The average Bonchev–Trinajstić information content (AvgIpc) is 3.12. The molecule has 120 valence electrons. The number of pyridine rings is 1. The Morgan fingerprint density at radius 3 is 2.74 bits per heavy atom. The number of ether oxygens (including phenoxy) is 3. The summed E-state index contributed by atoms with van der Waals surface area (Å²) in [7, 11) is 1.58. The fourth-order valence-electron chi connectivity index (χ4n) is 2.34. The maximum Gasteiger partial charge on any atom is 0.253 e. The number of carbonyl (C=O) groups is 1. The first-order valence-electron chi connectivity index (χ1n) is 7.45. The summed E-state index contributed by atoms with van der Waals surface area (Å²) in [6, 6.07) is 10.8. The molecule has 1 aliphatic rings. The summed E-state index contributed by atoms with van der Waals surface area (Å²) in [5, 5.41) is 2.79. The number of aromatic nitrogens is 1. The van der Waals surface area contributed by atoms with E-state index in [9.17, 15) is 4.79 Å². The highest BCUT2D eigenvalue weighted by molar-refractivity contribution is 5.94. The third-order valence-corrected chi connectivity index (χ3v) is 3.51. The first kappa shape index (κ1) is 15.3. The van der Waals surface area contributed by atoms with Gasteiger partial charge in [-0.05, 0) is 31.0 Å². The Morgan fingerprint density at radius 2 is 2.09 bits per heavy atom. The molecule has 1 atom stereocenters. The molecule has 23 heavy (non-hydrogen) atoms. The Bertz CT molecular complexity index is 667. The highest BCUT2D eigenvalue weighted by Crippen LogP contribution is 2.30. The second kappa shape index (κ2) is 7.11. The summed E-state index contributed by atoms with van der Waals surface area (Å²) in [5.41, 5.74) is 0.609. The molecule has 2 heterocycles. The molecule has 6 nitrogen and oxygen atoms in total. The number of amides is 1. The van der Waals surface area contributed by atoms with Crippen molar-refractivity contribution in [2.24, 2.45) is 0 Å². The first-order chi connectivity index (χ1) is 11.3. The Kier molecular flexibility index (Phi) is 4.73. The lowest BCUT2D eigenvalue weighted by Crippen LogP contribution is -2.26. The predicted octanol–water partition coefficient (Wildman–Crippen LogP) is 3.00. The van der Waals surface area contributed by atoms with Gasteiger partial charge in [0, 0.05) is 12.7 Å².